The van der Waals surface area contributed by atoms with Crippen LogP contribution in [0.5, 0.6) is 5.75 Å². The van der Waals surface area contributed by atoms with Gasteiger partial charge in [-0.3, -0.25) is 4.79 Å². The van der Waals surface area contributed by atoms with Gasteiger partial charge in [-0.15, -0.1) is 0 Å². The Labute approximate surface area is 179 Å². The molecule has 0 radical (unpaired) electrons. The number of hydrogen-bond donors (Lipinski definition) is 2. The number of nitrogens with zero attached hydrogens (tertiary/aromatic N) is 1. The van der Waals surface area contributed by atoms with E-state index in [9.17, 15) is 13.2 Å². The molecule has 0 aromatic heterocycles. The summed E-state index contributed by atoms with van der Waals surface area (Å²) >= 11 is 0. The molecule has 1 amide bonds. The molecule has 164 valence electrons. The van der Waals surface area contributed by atoms with Crippen molar-refractivity contribution in [3.8, 4) is 5.75 Å². The molecule has 2 rings (SSSR count). The maximum absolute atomic E-state index is 12.9. The molecule has 0 saturated carbocycles. The molecule has 0 bridgehead atoms. The number of benzene rings is 2. The summed E-state index contributed by atoms with van der Waals surface area (Å²) in [4.78, 5) is 12.7. The summed E-state index contributed by atoms with van der Waals surface area (Å²) in [6.07, 6.45) is 0. The van der Waals surface area contributed by atoms with Crippen molar-refractivity contribution in [1.29, 1.82) is 0 Å². The summed E-state index contributed by atoms with van der Waals surface area (Å²) in [6, 6.07) is 12.4. The van der Waals surface area contributed by atoms with E-state index >= 15 is 0 Å². The van der Waals surface area contributed by atoms with Crippen LogP contribution in [-0.2, 0) is 14.8 Å². The quantitative estimate of drug-likeness (QED) is 0.600. The summed E-state index contributed by atoms with van der Waals surface area (Å²) in [6.45, 7) is 8.10. The van der Waals surface area contributed by atoms with E-state index in [1.807, 2.05) is 45.0 Å². The highest BCUT2D eigenvalue weighted by atomic mass is 32.2. The normalized spacial score (nSPS) is 12.5. The molecule has 1 unspecified atom stereocenters. The van der Waals surface area contributed by atoms with E-state index in [4.69, 9.17) is 4.74 Å². The van der Waals surface area contributed by atoms with Crippen molar-refractivity contribution in [3.05, 3.63) is 53.6 Å². The van der Waals surface area contributed by atoms with E-state index in [2.05, 4.69) is 10.6 Å². The highest BCUT2D eigenvalue weighted by Gasteiger charge is 2.24. The van der Waals surface area contributed by atoms with Gasteiger partial charge in [0.05, 0.1) is 24.6 Å². The van der Waals surface area contributed by atoms with Crippen LogP contribution in [0, 0.1) is 6.92 Å². The van der Waals surface area contributed by atoms with Gasteiger partial charge in [-0.25, -0.2) is 8.42 Å². The first-order chi connectivity index (χ1) is 14.2. The minimum Gasteiger partial charge on any atom is -0.496 e. The first-order valence-electron chi connectivity index (χ1n) is 10.0. The van der Waals surface area contributed by atoms with E-state index < -0.39 is 10.0 Å². The van der Waals surface area contributed by atoms with Crippen molar-refractivity contribution in [2.75, 3.05) is 32.1 Å². The topological polar surface area (TPSA) is 87.7 Å². The van der Waals surface area contributed by atoms with Crippen LogP contribution in [0.4, 0.5) is 5.69 Å². The van der Waals surface area contributed by atoms with E-state index in [1.54, 1.807) is 32.2 Å². The molecule has 0 aliphatic rings. The Morgan fingerprint density at radius 3 is 2.43 bits per heavy atom. The third kappa shape index (κ3) is 5.52. The minimum absolute atomic E-state index is 0.0211. The largest absolute Gasteiger partial charge is 0.496 e. The Morgan fingerprint density at radius 2 is 1.80 bits per heavy atom. The van der Waals surface area contributed by atoms with Crippen molar-refractivity contribution in [3.63, 3.8) is 0 Å². The molecular formula is C22H31N3O4S. The van der Waals surface area contributed by atoms with Crippen LogP contribution in [-0.4, -0.2) is 45.4 Å². The second kappa shape index (κ2) is 10.4. The number of methoxy groups -OCH3 is 1. The molecule has 8 heteroatoms. The first kappa shape index (κ1) is 23.7. The van der Waals surface area contributed by atoms with Crippen LogP contribution in [0.2, 0.25) is 0 Å². The lowest BCUT2D eigenvalue weighted by Gasteiger charge is -2.20. The maximum Gasteiger partial charge on any atom is 0.243 e. The van der Waals surface area contributed by atoms with Crippen molar-refractivity contribution in [2.45, 2.75) is 38.6 Å². The van der Waals surface area contributed by atoms with Gasteiger partial charge in [-0.2, -0.15) is 4.31 Å². The van der Waals surface area contributed by atoms with Crippen LogP contribution in [0.15, 0.2) is 47.4 Å². The van der Waals surface area contributed by atoms with Crippen molar-refractivity contribution >= 4 is 21.6 Å². The van der Waals surface area contributed by atoms with Crippen LogP contribution in [0.25, 0.3) is 0 Å². The second-order valence-electron chi connectivity index (χ2n) is 6.95. The Bertz CT molecular complexity index is 972. The van der Waals surface area contributed by atoms with E-state index in [1.165, 1.54) is 4.31 Å². The molecule has 0 aliphatic carbocycles. The van der Waals surface area contributed by atoms with Gasteiger partial charge in [0.1, 0.15) is 5.75 Å². The third-order valence-corrected chi connectivity index (χ3v) is 7.14. The minimum atomic E-state index is -3.58. The lowest BCUT2D eigenvalue weighted by Crippen LogP contribution is -2.32. The highest BCUT2D eigenvalue weighted by Crippen LogP contribution is 2.25. The summed E-state index contributed by atoms with van der Waals surface area (Å²) in [7, 11) is -1.98. The number of carbonyl (C=O) groups is 1. The number of rotatable bonds is 10. The van der Waals surface area contributed by atoms with Crippen molar-refractivity contribution in [2.24, 2.45) is 0 Å². The SMILES string of the molecule is CCN(CC)S(=O)(=O)c1cc(NCC(=O)NC(C)c2ccccc2OC)ccc1C. The van der Waals surface area contributed by atoms with E-state index in [0.29, 0.717) is 30.1 Å². The van der Waals surface area contributed by atoms with Gasteiger partial charge in [-0.1, -0.05) is 38.1 Å². The number of aryl methyl sites for hydroxylation is 1. The van der Waals surface area contributed by atoms with Gasteiger partial charge in [0.25, 0.3) is 0 Å². The predicted octanol–water partition coefficient (Wildman–Crippen LogP) is 3.32. The van der Waals surface area contributed by atoms with Gasteiger partial charge in [0, 0.05) is 24.3 Å². The standard InChI is InChI=1S/C22H31N3O4S/c1-6-25(7-2)30(27,28)21-14-18(13-12-16(21)3)23-15-22(26)24-17(4)19-10-8-9-11-20(19)29-5/h8-14,17,23H,6-7,15H2,1-5H3,(H,24,26). The summed E-state index contributed by atoms with van der Waals surface area (Å²) in [5.41, 5.74) is 2.13. The summed E-state index contributed by atoms with van der Waals surface area (Å²) in [5, 5.41) is 5.94. The number of sulfonamides is 1. The van der Waals surface area contributed by atoms with E-state index in [0.717, 1.165) is 5.56 Å². The number of anilines is 1. The van der Waals surface area contributed by atoms with Crippen LogP contribution in [0.3, 0.4) is 0 Å². The third-order valence-electron chi connectivity index (χ3n) is 4.95. The summed E-state index contributed by atoms with van der Waals surface area (Å²) < 4.78 is 32.5. The zero-order chi connectivity index (χ0) is 22.3. The predicted molar refractivity (Wildman–Crippen MR) is 119 cm³/mol. The summed E-state index contributed by atoms with van der Waals surface area (Å²) in [5.74, 6) is 0.505. The maximum atomic E-state index is 12.9. The molecule has 2 N–H and O–H groups in total. The molecule has 0 aliphatic heterocycles. The molecule has 7 nitrogen and oxygen atoms in total. The molecule has 0 saturated heterocycles. The lowest BCUT2D eigenvalue weighted by atomic mass is 10.1. The van der Waals surface area contributed by atoms with E-state index in [-0.39, 0.29) is 23.4 Å². The number of carbonyl (C=O) groups excluding carboxylic acids is 1. The Morgan fingerprint density at radius 1 is 1.13 bits per heavy atom. The zero-order valence-electron chi connectivity index (χ0n) is 18.2. The molecule has 30 heavy (non-hydrogen) atoms. The second-order valence-corrected chi connectivity index (χ2v) is 8.86. The molecule has 0 heterocycles. The Kier molecular flexibility index (Phi) is 8.25. The molecule has 0 fully saturated rings. The monoisotopic (exact) mass is 433 g/mol. The molecule has 1 atom stereocenters. The number of para-hydroxylation sites is 1. The van der Waals surface area contributed by atoms with Crippen molar-refractivity contribution in [1.82, 2.24) is 9.62 Å². The zero-order valence-corrected chi connectivity index (χ0v) is 19.0. The Balaban J connectivity index is 2.08. The van der Waals surface area contributed by atoms with Crippen LogP contribution >= 0.6 is 0 Å². The highest BCUT2D eigenvalue weighted by molar-refractivity contribution is 7.89. The first-order valence-corrected chi connectivity index (χ1v) is 11.5. The Hall–Kier alpha value is -2.58. The molecule has 0 spiro atoms. The molecule has 2 aromatic rings. The fourth-order valence-electron chi connectivity index (χ4n) is 3.27. The fourth-order valence-corrected chi connectivity index (χ4v) is 4.98. The average Bonchev–Trinajstić information content (AvgIpc) is 2.73. The smallest absolute Gasteiger partial charge is 0.243 e. The average molecular weight is 434 g/mol. The van der Waals surface area contributed by atoms with Gasteiger partial charge in [-0.05, 0) is 37.6 Å². The van der Waals surface area contributed by atoms with Gasteiger partial charge in [0.2, 0.25) is 15.9 Å². The fraction of sp³-hybridized carbons (Fsp3) is 0.409. The van der Waals surface area contributed by atoms with Gasteiger partial charge in [0.15, 0.2) is 0 Å². The number of hydrogen-bond acceptors (Lipinski definition) is 5. The van der Waals surface area contributed by atoms with Crippen LogP contribution < -0.4 is 15.4 Å². The van der Waals surface area contributed by atoms with Crippen LogP contribution in [0.1, 0.15) is 37.9 Å². The number of nitrogens with one attached hydrogen (secondary N) is 2. The number of ether oxygens (including phenoxy) is 1. The van der Waals surface area contributed by atoms with Crippen molar-refractivity contribution < 1.29 is 17.9 Å². The van der Waals surface area contributed by atoms with Gasteiger partial charge < -0.3 is 15.4 Å². The van der Waals surface area contributed by atoms with Gasteiger partial charge >= 0.3 is 0 Å². The lowest BCUT2D eigenvalue weighted by molar-refractivity contribution is -0.120. The number of amides is 1. The molecule has 2 aromatic carbocycles. The molecular weight excluding hydrogens is 402 g/mol.